The van der Waals surface area contributed by atoms with Crippen LogP contribution in [0.25, 0.3) is 0 Å². The van der Waals surface area contributed by atoms with E-state index in [1.54, 1.807) is 0 Å². The molecule has 2 N–H and O–H groups in total. The third kappa shape index (κ3) is 3.99. The van der Waals surface area contributed by atoms with Crippen molar-refractivity contribution in [2.45, 2.75) is 12.5 Å². The molecule has 1 amide bonds. The molecule has 19 heavy (non-hydrogen) atoms. The fraction of sp³-hybridized carbons (Fsp3) is 0.357. The molecule has 0 aromatic heterocycles. The van der Waals surface area contributed by atoms with Crippen molar-refractivity contribution in [1.82, 2.24) is 5.32 Å². The lowest BCUT2D eigenvalue weighted by Crippen LogP contribution is -2.40. The van der Waals surface area contributed by atoms with E-state index in [0.29, 0.717) is 19.6 Å². The largest absolute Gasteiger partial charge is 0.494 e. The zero-order valence-corrected chi connectivity index (χ0v) is 10.5. The molecule has 0 fully saturated rings. The average Bonchev–Trinajstić information content (AvgIpc) is 2.48. The van der Waals surface area contributed by atoms with Gasteiger partial charge in [0.2, 0.25) is 5.76 Å². The van der Waals surface area contributed by atoms with E-state index in [4.69, 9.17) is 9.47 Å². The summed E-state index contributed by atoms with van der Waals surface area (Å²) >= 11 is 0. The van der Waals surface area contributed by atoms with E-state index in [-0.39, 0.29) is 24.3 Å². The van der Waals surface area contributed by atoms with E-state index in [2.05, 4.69) is 5.32 Å². The summed E-state index contributed by atoms with van der Waals surface area (Å²) in [5.41, 5.74) is 1.05. The highest BCUT2D eigenvalue weighted by Crippen LogP contribution is 2.07. The maximum Gasteiger partial charge on any atom is 0.289 e. The van der Waals surface area contributed by atoms with Crippen LogP contribution in [0.1, 0.15) is 5.56 Å². The molecule has 0 bridgehead atoms. The molecule has 102 valence electrons. The minimum atomic E-state index is -0.366. The number of rotatable bonds is 5. The van der Waals surface area contributed by atoms with E-state index >= 15 is 0 Å². The Kier molecular flexibility index (Phi) is 4.80. The molecule has 1 aliphatic heterocycles. The predicted molar refractivity (Wildman–Crippen MR) is 69.1 cm³/mol. The number of nitrogens with one attached hydrogen (secondary N) is 1. The summed E-state index contributed by atoms with van der Waals surface area (Å²) in [5.74, 6) is -0.215. The van der Waals surface area contributed by atoms with Gasteiger partial charge in [0.1, 0.15) is 19.5 Å². The topological polar surface area (TPSA) is 67.8 Å². The predicted octanol–water partition coefficient (Wildman–Crippen LogP) is 0.594. The zero-order valence-electron chi connectivity index (χ0n) is 10.5. The molecule has 1 aromatic rings. The van der Waals surface area contributed by atoms with Gasteiger partial charge in [0.15, 0.2) is 0 Å². The fourth-order valence-corrected chi connectivity index (χ4v) is 1.80. The Morgan fingerprint density at radius 1 is 1.32 bits per heavy atom. The molecule has 0 saturated heterocycles. The van der Waals surface area contributed by atoms with Gasteiger partial charge in [0.05, 0.1) is 12.6 Å². The van der Waals surface area contributed by atoms with Gasteiger partial charge in [-0.2, -0.15) is 0 Å². The molecule has 0 spiro atoms. The second kappa shape index (κ2) is 6.80. The molecule has 5 nitrogen and oxygen atoms in total. The fourth-order valence-electron chi connectivity index (χ4n) is 1.80. The second-order valence-electron chi connectivity index (χ2n) is 4.24. The van der Waals surface area contributed by atoms with Crippen LogP contribution in [0.15, 0.2) is 42.4 Å². The molecule has 2 rings (SSSR count). The van der Waals surface area contributed by atoms with Gasteiger partial charge in [-0.25, -0.2) is 0 Å². The maximum atomic E-state index is 11.9. The van der Waals surface area contributed by atoms with Gasteiger partial charge >= 0.3 is 0 Å². The van der Waals surface area contributed by atoms with Crippen LogP contribution in [0.3, 0.4) is 0 Å². The lowest BCUT2D eigenvalue weighted by atomic mass is 10.1. The van der Waals surface area contributed by atoms with Gasteiger partial charge in [-0.3, -0.25) is 4.79 Å². The van der Waals surface area contributed by atoms with Crippen molar-refractivity contribution >= 4 is 5.91 Å². The molecular formula is C14H17NO4. The Labute approximate surface area is 111 Å². The number of aliphatic hydroxyl groups is 1. The third-order valence-corrected chi connectivity index (χ3v) is 2.75. The number of carbonyl (C=O) groups excluding carboxylic acids is 1. The number of ether oxygens (including phenoxy) is 2. The first kappa shape index (κ1) is 13.4. The van der Waals surface area contributed by atoms with Crippen molar-refractivity contribution < 1.29 is 19.4 Å². The van der Waals surface area contributed by atoms with Crippen LogP contribution in [0.4, 0.5) is 0 Å². The molecule has 1 aliphatic rings. The summed E-state index contributed by atoms with van der Waals surface area (Å²) in [6.07, 6.45) is 1.87. The number of carbonyl (C=O) groups is 1. The Balaban J connectivity index is 1.91. The minimum Gasteiger partial charge on any atom is -0.494 e. The highest BCUT2D eigenvalue weighted by Gasteiger charge is 2.18. The number of benzene rings is 1. The van der Waals surface area contributed by atoms with E-state index in [1.807, 2.05) is 30.3 Å². The van der Waals surface area contributed by atoms with Gasteiger partial charge in [-0.15, -0.1) is 0 Å². The van der Waals surface area contributed by atoms with Crippen LogP contribution < -0.4 is 5.32 Å². The van der Waals surface area contributed by atoms with Crippen molar-refractivity contribution in [3.63, 3.8) is 0 Å². The highest BCUT2D eigenvalue weighted by atomic mass is 16.6. The summed E-state index contributed by atoms with van der Waals surface area (Å²) in [4.78, 5) is 11.9. The Morgan fingerprint density at radius 3 is 2.74 bits per heavy atom. The Morgan fingerprint density at radius 2 is 2.11 bits per heavy atom. The van der Waals surface area contributed by atoms with Gasteiger partial charge < -0.3 is 19.9 Å². The monoisotopic (exact) mass is 263 g/mol. The molecule has 0 aliphatic carbocycles. The second-order valence-corrected chi connectivity index (χ2v) is 4.24. The first-order valence-electron chi connectivity index (χ1n) is 6.20. The minimum absolute atomic E-state index is 0.130. The van der Waals surface area contributed by atoms with Crippen molar-refractivity contribution in [1.29, 1.82) is 0 Å². The van der Waals surface area contributed by atoms with Gasteiger partial charge in [-0.1, -0.05) is 30.3 Å². The van der Waals surface area contributed by atoms with Crippen LogP contribution >= 0.6 is 0 Å². The summed E-state index contributed by atoms with van der Waals surface area (Å²) < 4.78 is 10.2. The van der Waals surface area contributed by atoms with Crippen molar-refractivity contribution in [2.24, 2.45) is 0 Å². The average molecular weight is 263 g/mol. The standard InChI is InChI=1S/C14H17NO4/c16-9-12(8-11-4-2-1-3-5-11)15-14(17)13-10-18-6-7-19-13/h1-5,10,12,16H,6-9H2,(H,15,17)/t12-/m0/s1. The zero-order chi connectivity index (χ0) is 13.5. The molecule has 0 unspecified atom stereocenters. The first-order valence-corrected chi connectivity index (χ1v) is 6.20. The van der Waals surface area contributed by atoms with E-state index in [0.717, 1.165) is 5.56 Å². The normalized spacial score (nSPS) is 15.7. The lowest BCUT2D eigenvalue weighted by Gasteiger charge is -2.19. The van der Waals surface area contributed by atoms with E-state index in [1.165, 1.54) is 6.26 Å². The Hall–Kier alpha value is -2.01. The highest BCUT2D eigenvalue weighted by molar-refractivity contribution is 5.91. The van der Waals surface area contributed by atoms with Crippen LogP contribution in [-0.4, -0.2) is 36.9 Å². The SMILES string of the molecule is O=C(N[C@H](CO)Cc1ccccc1)C1=COCCO1. The molecular weight excluding hydrogens is 246 g/mol. The number of hydrogen-bond donors (Lipinski definition) is 2. The van der Waals surface area contributed by atoms with Crippen LogP contribution in [-0.2, 0) is 20.7 Å². The van der Waals surface area contributed by atoms with Crippen molar-refractivity contribution in [3.05, 3.63) is 47.9 Å². The van der Waals surface area contributed by atoms with Crippen LogP contribution in [0.2, 0.25) is 0 Å². The number of amides is 1. The summed E-state index contributed by atoms with van der Waals surface area (Å²) in [5, 5.41) is 12.1. The molecule has 1 heterocycles. The van der Waals surface area contributed by atoms with E-state index in [9.17, 15) is 9.90 Å². The number of aliphatic hydroxyl groups excluding tert-OH is 1. The van der Waals surface area contributed by atoms with Gasteiger partial charge in [-0.05, 0) is 12.0 Å². The molecule has 1 atom stereocenters. The van der Waals surface area contributed by atoms with Crippen molar-refractivity contribution in [2.75, 3.05) is 19.8 Å². The first-order chi connectivity index (χ1) is 9.29. The van der Waals surface area contributed by atoms with Gasteiger partial charge in [0.25, 0.3) is 5.91 Å². The smallest absolute Gasteiger partial charge is 0.289 e. The Bertz CT molecular complexity index is 444. The van der Waals surface area contributed by atoms with Crippen molar-refractivity contribution in [3.8, 4) is 0 Å². The van der Waals surface area contributed by atoms with Crippen LogP contribution in [0.5, 0.6) is 0 Å². The molecule has 0 radical (unpaired) electrons. The summed E-state index contributed by atoms with van der Waals surface area (Å²) in [6, 6.07) is 9.33. The molecule has 0 saturated carbocycles. The van der Waals surface area contributed by atoms with Crippen LogP contribution in [0, 0.1) is 0 Å². The van der Waals surface area contributed by atoms with E-state index < -0.39 is 0 Å². The molecule has 1 aromatic carbocycles. The lowest BCUT2D eigenvalue weighted by molar-refractivity contribution is -0.123. The van der Waals surface area contributed by atoms with Gasteiger partial charge in [0, 0.05) is 0 Å². The molecule has 5 heteroatoms. The summed E-state index contributed by atoms with van der Waals surface area (Å²) in [6.45, 7) is 0.681. The number of hydrogen-bond acceptors (Lipinski definition) is 4. The maximum absolute atomic E-state index is 11.9. The summed E-state index contributed by atoms with van der Waals surface area (Å²) in [7, 11) is 0. The third-order valence-electron chi connectivity index (χ3n) is 2.75. The quantitative estimate of drug-likeness (QED) is 0.816.